The molecule has 1 unspecified atom stereocenters. The number of rotatable bonds is 3. The van der Waals surface area contributed by atoms with E-state index in [1.807, 2.05) is 6.07 Å². The minimum absolute atomic E-state index is 0.208. The molecule has 84 valence electrons. The van der Waals surface area contributed by atoms with E-state index in [0.717, 1.165) is 5.56 Å². The third-order valence-electron chi connectivity index (χ3n) is 2.61. The Labute approximate surface area is 98.2 Å². The number of hydrogen-bond donors (Lipinski definition) is 2. The van der Waals surface area contributed by atoms with Gasteiger partial charge in [-0.3, -0.25) is 0 Å². The maximum absolute atomic E-state index is 13.7. The van der Waals surface area contributed by atoms with Crippen LogP contribution < -0.4 is 5.73 Å². The highest BCUT2D eigenvalue weighted by atomic mass is 35.5. The molecule has 0 bridgehead atoms. The van der Waals surface area contributed by atoms with Gasteiger partial charge in [-0.05, 0) is 23.8 Å². The van der Waals surface area contributed by atoms with Crippen LogP contribution in [-0.4, -0.2) is 11.5 Å². The van der Waals surface area contributed by atoms with E-state index in [0.29, 0.717) is 17.1 Å². The molecule has 3 N–H and O–H groups in total. The second kappa shape index (κ2) is 4.68. The first-order chi connectivity index (χ1) is 7.74. The zero-order valence-electron chi connectivity index (χ0n) is 8.58. The van der Waals surface area contributed by atoms with E-state index in [2.05, 4.69) is 4.98 Å². The molecule has 1 aromatic carbocycles. The Hall–Kier alpha value is -1.32. The number of benzene rings is 1. The van der Waals surface area contributed by atoms with Crippen LogP contribution in [0.3, 0.4) is 0 Å². The van der Waals surface area contributed by atoms with Crippen molar-refractivity contribution in [3.8, 4) is 0 Å². The highest BCUT2D eigenvalue weighted by molar-refractivity contribution is 6.31. The fourth-order valence-corrected chi connectivity index (χ4v) is 2.11. The van der Waals surface area contributed by atoms with Gasteiger partial charge in [-0.2, -0.15) is 0 Å². The maximum atomic E-state index is 13.7. The molecule has 0 saturated heterocycles. The van der Waals surface area contributed by atoms with Crippen molar-refractivity contribution in [3.63, 3.8) is 0 Å². The molecule has 2 rings (SSSR count). The molecule has 0 amide bonds. The Morgan fingerprint density at radius 2 is 2.19 bits per heavy atom. The number of aromatic nitrogens is 1. The summed E-state index contributed by atoms with van der Waals surface area (Å²) in [4.78, 5) is 2.93. The van der Waals surface area contributed by atoms with E-state index in [9.17, 15) is 4.39 Å². The van der Waals surface area contributed by atoms with E-state index >= 15 is 0 Å². The van der Waals surface area contributed by atoms with Crippen LogP contribution in [0.5, 0.6) is 0 Å². The van der Waals surface area contributed by atoms with Crippen LogP contribution in [0.2, 0.25) is 5.02 Å². The van der Waals surface area contributed by atoms with E-state index in [-0.39, 0.29) is 11.7 Å². The summed E-state index contributed by atoms with van der Waals surface area (Å²) < 4.78 is 13.7. The lowest BCUT2D eigenvalue weighted by molar-refractivity contribution is 0.597. The Balaban J connectivity index is 2.49. The van der Waals surface area contributed by atoms with Gasteiger partial charge in [0.05, 0.1) is 0 Å². The van der Waals surface area contributed by atoms with Crippen molar-refractivity contribution in [1.29, 1.82) is 0 Å². The molecule has 0 aliphatic rings. The van der Waals surface area contributed by atoms with Gasteiger partial charge in [0.25, 0.3) is 0 Å². The minimum Gasteiger partial charge on any atom is -0.367 e. The number of nitrogens with two attached hydrogens (primary N) is 1. The first-order valence-corrected chi connectivity index (χ1v) is 5.38. The van der Waals surface area contributed by atoms with Crippen LogP contribution in [0.15, 0.2) is 36.7 Å². The van der Waals surface area contributed by atoms with Crippen molar-refractivity contribution < 1.29 is 4.39 Å². The molecule has 0 fully saturated rings. The largest absolute Gasteiger partial charge is 0.367 e. The van der Waals surface area contributed by atoms with Crippen LogP contribution in [0.4, 0.5) is 4.39 Å². The molecular weight excluding hydrogens is 227 g/mol. The molecule has 1 aromatic heterocycles. The third kappa shape index (κ3) is 1.96. The van der Waals surface area contributed by atoms with Crippen molar-refractivity contribution in [2.45, 2.75) is 5.92 Å². The maximum Gasteiger partial charge on any atom is 0.128 e. The molecule has 0 saturated carbocycles. The van der Waals surface area contributed by atoms with Gasteiger partial charge >= 0.3 is 0 Å². The van der Waals surface area contributed by atoms with Crippen molar-refractivity contribution >= 4 is 11.6 Å². The van der Waals surface area contributed by atoms with Crippen LogP contribution >= 0.6 is 11.6 Å². The van der Waals surface area contributed by atoms with Gasteiger partial charge in [-0.25, -0.2) is 4.39 Å². The average molecular weight is 239 g/mol. The summed E-state index contributed by atoms with van der Waals surface area (Å²) in [6, 6.07) is 6.54. The molecule has 0 aliphatic carbocycles. The molecule has 0 spiro atoms. The summed E-state index contributed by atoms with van der Waals surface area (Å²) in [7, 11) is 0. The fourth-order valence-electron chi connectivity index (χ4n) is 1.82. The SMILES string of the molecule is NCC(c1cc[nH]c1)c1c(F)cccc1Cl. The van der Waals surface area contributed by atoms with Gasteiger partial charge in [0.2, 0.25) is 0 Å². The van der Waals surface area contributed by atoms with E-state index in [1.54, 1.807) is 24.5 Å². The highest BCUT2D eigenvalue weighted by Gasteiger charge is 2.19. The molecular formula is C12H12ClFN2. The molecule has 2 nitrogen and oxygen atoms in total. The first-order valence-electron chi connectivity index (χ1n) is 5.00. The summed E-state index contributed by atoms with van der Waals surface area (Å²) in [5.74, 6) is -0.524. The van der Waals surface area contributed by atoms with Crippen molar-refractivity contribution in [1.82, 2.24) is 4.98 Å². The normalized spacial score (nSPS) is 12.7. The smallest absolute Gasteiger partial charge is 0.128 e. The number of halogens is 2. The quantitative estimate of drug-likeness (QED) is 0.848. The Morgan fingerprint density at radius 3 is 2.75 bits per heavy atom. The van der Waals surface area contributed by atoms with Crippen LogP contribution in [0, 0.1) is 5.82 Å². The van der Waals surface area contributed by atoms with Crippen molar-refractivity contribution in [2.24, 2.45) is 5.73 Å². The van der Waals surface area contributed by atoms with Gasteiger partial charge in [0.1, 0.15) is 5.82 Å². The molecule has 1 atom stereocenters. The number of aromatic amines is 1. The van der Waals surface area contributed by atoms with Gasteiger partial charge in [0.15, 0.2) is 0 Å². The summed E-state index contributed by atoms with van der Waals surface area (Å²) in [5.41, 5.74) is 7.10. The summed E-state index contributed by atoms with van der Waals surface area (Å²) in [6.07, 6.45) is 3.59. The number of H-pyrrole nitrogens is 1. The number of nitrogens with one attached hydrogen (secondary N) is 1. The van der Waals surface area contributed by atoms with Crippen LogP contribution in [0.25, 0.3) is 0 Å². The summed E-state index contributed by atoms with van der Waals surface area (Å²) in [6.45, 7) is 0.318. The van der Waals surface area contributed by atoms with E-state index in [4.69, 9.17) is 17.3 Å². The predicted octanol–water partition coefficient (Wildman–Crippen LogP) is 2.90. The second-order valence-corrected chi connectivity index (χ2v) is 3.98. The van der Waals surface area contributed by atoms with Gasteiger partial charge in [0, 0.05) is 35.4 Å². The fraction of sp³-hybridized carbons (Fsp3) is 0.167. The van der Waals surface area contributed by atoms with E-state index < -0.39 is 0 Å². The van der Waals surface area contributed by atoms with Crippen LogP contribution in [0.1, 0.15) is 17.0 Å². The zero-order valence-corrected chi connectivity index (χ0v) is 9.34. The molecule has 1 heterocycles. The van der Waals surface area contributed by atoms with Gasteiger partial charge < -0.3 is 10.7 Å². The molecule has 4 heteroatoms. The Kier molecular flexibility index (Phi) is 3.27. The molecule has 2 aromatic rings. The van der Waals surface area contributed by atoms with E-state index in [1.165, 1.54) is 6.07 Å². The van der Waals surface area contributed by atoms with Gasteiger partial charge in [-0.1, -0.05) is 17.7 Å². The Bertz CT molecular complexity index is 448. The third-order valence-corrected chi connectivity index (χ3v) is 2.94. The summed E-state index contributed by atoms with van der Waals surface area (Å²) in [5, 5.41) is 0.414. The topological polar surface area (TPSA) is 41.8 Å². The average Bonchev–Trinajstić information content (AvgIpc) is 2.77. The summed E-state index contributed by atoms with van der Waals surface area (Å²) >= 11 is 6.01. The lowest BCUT2D eigenvalue weighted by atomic mass is 9.93. The predicted molar refractivity (Wildman–Crippen MR) is 63.1 cm³/mol. The lowest BCUT2D eigenvalue weighted by Crippen LogP contribution is -2.15. The van der Waals surface area contributed by atoms with Crippen molar-refractivity contribution in [3.05, 3.63) is 58.6 Å². The second-order valence-electron chi connectivity index (χ2n) is 3.57. The minimum atomic E-state index is -0.316. The molecule has 0 radical (unpaired) electrons. The molecule has 0 aliphatic heterocycles. The standard InChI is InChI=1S/C12H12ClFN2/c13-10-2-1-3-11(14)12(10)9(6-15)8-4-5-16-7-8/h1-5,7,9,16H,6,15H2. The Morgan fingerprint density at radius 1 is 1.38 bits per heavy atom. The monoisotopic (exact) mass is 238 g/mol. The zero-order chi connectivity index (χ0) is 11.5. The van der Waals surface area contributed by atoms with Crippen molar-refractivity contribution in [2.75, 3.05) is 6.54 Å². The first kappa shape index (κ1) is 11.2. The molecule has 16 heavy (non-hydrogen) atoms. The van der Waals surface area contributed by atoms with Gasteiger partial charge in [-0.15, -0.1) is 0 Å². The highest BCUT2D eigenvalue weighted by Crippen LogP contribution is 2.31. The number of hydrogen-bond acceptors (Lipinski definition) is 1. The lowest BCUT2D eigenvalue weighted by Gasteiger charge is -2.16. The van der Waals surface area contributed by atoms with Crippen LogP contribution in [-0.2, 0) is 0 Å².